The van der Waals surface area contributed by atoms with E-state index in [1.54, 1.807) is 30.7 Å². The second-order valence-corrected chi connectivity index (χ2v) is 6.99. The molecule has 2 amide bonds. The third kappa shape index (κ3) is 4.65. The van der Waals surface area contributed by atoms with Gasteiger partial charge in [0, 0.05) is 0 Å². The van der Waals surface area contributed by atoms with E-state index in [1.165, 1.54) is 12.1 Å². The quantitative estimate of drug-likeness (QED) is 0.633. The molecule has 7 nitrogen and oxygen atoms in total. The first-order valence-electron chi connectivity index (χ1n) is 9.37. The number of ether oxygens (including phenoxy) is 1. The Labute approximate surface area is 173 Å². The number of hydrogen-bond donors (Lipinski definition) is 2. The van der Waals surface area contributed by atoms with Crippen LogP contribution in [0.15, 0.2) is 42.5 Å². The molecule has 0 saturated carbocycles. The van der Waals surface area contributed by atoms with Crippen molar-refractivity contribution < 1.29 is 18.7 Å². The Kier molecular flexibility index (Phi) is 6.15. The molecule has 0 aliphatic rings. The van der Waals surface area contributed by atoms with Gasteiger partial charge in [-0.3, -0.25) is 20.4 Å². The zero-order valence-electron chi connectivity index (χ0n) is 17.2. The summed E-state index contributed by atoms with van der Waals surface area (Å²) in [5, 5.41) is 4.35. The van der Waals surface area contributed by atoms with Crippen LogP contribution in [0.1, 0.15) is 32.9 Å². The first-order chi connectivity index (χ1) is 14.3. The first kappa shape index (κ1) is 21.0. The minimum Gasteiger partial charge on any atom is -0.483 e. The van der Waals surface area contributed by atoms with Crippen LogP contribution >= 0.6 is 0 Å². The highest BCUT2D eigenvalue weighted by Gasteiger charge is 2.20. The van der Waals surface area contributed by atoms with Crippen molar-refractivity contribution in [3.05, 3.63) is 76.4 Å². The van der Waals surface area contributed by atoms with Crippen molar-refractivity contribution in [3.63, 3.8) is 0 Å². The molecule has 1 aromatic heterocycles. The second kappa shape index (κ2) is 8.77. The number of hydrogen-bond acceptors (Lipinski definition) is 4. The molecule has 0 fully saturated rings. The van der Waals surface area contributed by atoms with Gasteiger partial charge in [0.05, 0.1) is 22.6 Å². The number of amides is 2. The number of rotatable bonds is 5. The molecule has 0 atom stereocenters. The summed E-state index contributed by atoms with van der Waals surface area (Å²) >= 11 is 0. The highest BCUT2D eigenvalue weighted by atomic mass is 19.1. The van der Waals surface area contributed by atoms with Crippen molar-refractivity contribution in [2.24, 2.45) is 0 Å². The van der Waals surface area contributed by atoms with Gasteiger partial charge in [0.15, 0.2) is 6.61 Å². The number of aryl methyl sites for hydroxylation is 3. The molecule has 8 heteroatoms. The maximum absolute atomic E-state index is 13.2. The van der Waals surface area contributed by atoms with Crippen LogP contribution in [-0.2, 0) is 4.79 Å². The minimum atomic E-state index is -0.501. The van der Waals surface area contributed by atoms with Crippen LogP contribution in [0, 0.1) is 33.5 Å². The van der Waals surface area contributed by atoms with Gasteiger partial charge in [-0.15, -0.1) is 0 Å². The van der Waals surface area contributed by atoms with E-state index in [2.05, 4.69) is 16.0 Å². The molecule has 0 aliphatic heterocycles. The third-order valence-electron chi connectivity index (χ3n) is 4.61. The Hall–Kier alpha value is -3.68. The van der Waals surface area contributed by atoms with Crippen molar-refractivity contribution >= 4 is 11.8 Å². The van der Waals surface area contributed by atoms with Gasteiger partial charge in [0.2, 0.25) is 0 Å². The van der Waals surface area contributed by atoms with Crippen molar-refractivity contribution in [3.8, 4) is 11.4 Å². The average Bonchev–Trinajstić information content (AvgIpc) is 3.01. The van der Waals surface area contributed by atoms with Crippen LogP contribution in [0.4, 0.5) is 4.39 Å². The number of nitrogens with one attached hydrogen (secondary N) is 2. The summed E-state index contributed by atoms with van der Waals surface area (Å²) in [5.74, 6) is -0.739. The van der Waals surface area contributed by atoms with Gasteiger partial charge in [0.25, 0.3) is 11.8 Å². The minimum absolute atomic E-state index is 0.239. The molecule has 1 heterocycles. The van der Waals surface area contributed by atoms with Gasteiger partial charge in [0.1, 0.15) is 11.6 Å². The van der Waals surface area contributed by atoms with Crippen LogP contribution in [0.2, 0.25) is 0 Å². The lowest BCUT2D eigenvalue weighted by molar-refractivity contribution is -0.123. The normalized spacial score (nSPS) is 10.6. The Balaban J connectivity index is 1.63. The van der Waals surface area contributed by atoms with E-state index in [-0.39, 0.29) is 12.4 Å². The fourth-order valence-corrected chi connectivity index (χ4v) is 3.04. The molecule has 3 rings (SSSR count). The molecule has 2 N–H and O–H groups in total. The van der Waals surface area contributed by atoms with Crippen molar-refractivity contribution in [2.75, 3.05) is 6.61 Å². The maximum Gasteiger partial charge on any atom is 0.276 e. The number of nitrogens with zero attached hydrogens (tertiary/aromatic N) is 2. The van der Waals surface area contributed by atoms with E-state index in [1.807, 2.05) is 32.0 Å². The molecular weight excluding hydrogens is 387 g/mol. The molecule has 0 spiro atoms. The molecule has 0 unspecified atom stereocenters. The average molecular weight is 410 g/mol. The fourth-order valence-electron chi connectivity index (χ4n) is 3.04. The summed E-state index contributed by atoms with van der Waals surface area (Å²) in [6.07, 6.45) is 0. The van der Waals surface area contributed by atoms with Gasteiger partial charge in [-0.2, -0.15) is 5.10 Å². The monoisotopic (exact) mass is 410 g/mol. The van der Waals surface area contributed by atoms with Crippen molar-refractivity contribution in [2.45, 2.75) is 27.7 Å². The maximum atomic E-state index is 13.2. The summed E-state index contributed by atoms with van der Waals surface area (Å²) in [5.41, 5.74) is 8.67. The third-order valence-corrected chi connectivity index (χ3v) is 4.61. The van der Waals surface area contributed by atoms with E-state index < -0.39 is 11.8 Å². The van der Waals surface area contributed by atoms with Crippen LogP contribution < -0.4 is 15.6 Å². The summed E-state index contributed by atoms with van der Waals surface area (Å²) < 4.78 is 20.2. The molecule has 0 bridgehead atoms. The standard InChI is InChI=1S/C22H23FN4O3/c1-13-5-6-14(2)19(11-13)30-12-20(28)24-25-22(29)21-15(3)26-27(16(21)4)18-9-7-17(23)8-10-18/h5-11H,12H2,1-4H3,(H,24,28)(H,25,29). The van der Waals surface area contributed by atoms with Gasteiger partial charge < -0.3 is 4.74 Å². The highest BCUT2D eigenvalue weighted by Crippen LogP contribution is 2.19. The zero-order chi connectivity index (χ0) is 21.8. The second-order valence-electron chi connectivity index (χ2n) is 6.99. The summed E-state index contributed by atoms with van der Waals surface area (Å²) in [7, 11) is 0. The summed E-state index contributed by atoms with van der Waals surface area (Å²) in [6, 6.07) is 11.5. The van der Waals surface area contributed by atoms with Crippen molar-refractivity contribution in [1.29, 1.82) is 0 Å². The van der Waals surface area contributed by atoms with Crippen LogP contribution in [0.3, 0.4) is 0 Å². The largest absolute Gasteiger partial charge is 0.483 e. The van der Waals surface area contributed by atoms with E-state index in [0.29, 0.717) is 28.4 Å². The predicted octanol–water partition coefficient (Wildman–Crippen LogP) is 3.09. The molecule has 2 aromatic carbocycles. The summed E-state index contributed by atoms with van der Waals surface area (Å²) in [6.45, 7) is 7.00. The molecule has 0 radical (unpaired) electrons. The van der Waals surface area contributed by atoms with Gasteiger partial charge in [-0.1, -0.05) is 12.1 Å². The lowest BCUT2D eigenvalue weighted by Gasteiger charge is -2.11. The lowest BCUT2D eigenvalue weighted by atomic mass is 10.1. The first-order valence-corrected chi connectivity index (χ1v) is 9.37. The van der Waals surface area contributed by atoms with E-state index in [0.717, 1.165) is 11.1 Å². The zero-order valence-corrected chi connectivity index (χ0v) is 17.2. The topological polar surface area (TPSA) is 85.2 Å². The lowest BCUT2D eigenvalue weighted by Crippen LogP contribution is -2.44. The molecular formula is C22H23FN4O3. The smallest absolute Gasteiger partial charge is 0.276 e. The van der Waals surface area contributed by atoms with E-state index >= 15 is 0 Å². The molecule has 0 aliphatic carbocycles. The number of carbonyl (C=O) groups excluding carboxylic acids is 2. The van der Waals surface area contributed by atoms with Gasteiger partial charge >= 0.3 is 0 Å². The number of hydrazine groups is 1. The molecule has 0 saturated heterocycles. The molecule has 3 aromatic rings. The van der Waals surface area contributed by atoms with Gasteiger partial charge in [-0.05, 0) is 69.2 Å². The van der Waals surface area contributed by atoms with E-state index in [9.17, 15) is 14.0 Å². The number of aromatic nitrogens is 2. The molecule has 30 heavy (non-hydrogen) atoms. The summed E-state index contributed by atoms with van der Waals surface area (Å²) in [4.78, 5) is 24.7. The van der Waals surface area contributed by atoms with Crippen LogP contribution in [0.25, 0.3) is 5.69 Å². The Morgan fingerprint density at radius 2 is 1.73 bits per heavy atom. The molecule has 156 valence electrons. The van der Waals surface area contributed by atoms with Crippen LogP contribution in [-0.4, -0.2) is 28.2 Å². The van der Waals surface area contributed by atoms with Crippen LogP contribution in [0.5, 0.6) is 5.75 Å². The highest BCUT2D eigenvalue weighted by molar-refractivity contribution is 5.97. The Morgan fingerprint density at radius 3 is 2.43 bits per heavy atom. The van der Waals surface area contributed by atoms with Gasteiger partial charge in [-0.25, -0.2) is 9.07 Å². The van der Waals surface area contributed by atoms with Crippen molar-refractivity contribution in [1.82, 2.24) is 20.6 Å². The SMILES string of the molecule is Cc1ccc(C)c(OCC(=O)NNC(=O)c2c(C)nn(-c3ccc(F)cc3)c2C)c1. The number of benzene rings is 2. The Bertz CT molecular complexity index is 1090. The fraction of sp³-hybridized carbons (Fsp3) is 0.227. The van der Waals surface area contributed by atoms with E-state index in [4.69, 9.17) is 4.74 Å². The number of halogens is 1. The predicted molar refractivity (Wildman–Crippen MR) is 110 cm³/mol. The Morgan fingerprint density at radius 1 is 1.03 bits per heavy atom. The number of carbonyl (C=O) groups is 2.